The third-order valence-electron chi connectivity index (χ3n) is 2.31. The van der Waals surface area contributed by atoms with Gasteiger partial charge in [0.15, 0.2) is 11.6 Å². The van der Waals surface area contributed by atoms with E-state index < -0.39 is 23.6 Å². The highest BCUT2D eigenvalue weighted by Gasteiger charge is 2.10. The number of hydrogen-bond donors (Lipinski definition) is 3. The topological polar surface area (TPSA) is 78.4 Å². The van der Waals surface area contributed by atoms with Crippen LogP contribution in [-0.4, -0.2) is 23.7 Å². The number of halogens is 2. The molecule has 104 valence electrons. The van der Waals surface area contributed by atoms with E-state index in [1.807, 2.05) is 0 Å². The van der Waals surface area contributed by atoms with Gasteiger partial charge in [0, 0.05) is 24.7 Å². The molecule has 5 nitrogen and oxygen atoms in total. The number of carbonyl (C=O) groups is 2. The van der Waals surface area contributed by atoms with Crippen molar-refractivity contribution in [2.45, 2.75) is 13.3 Å². The summed E-state index contributed by atoms with van der Waals surface area (Å²) in [5, 5.41) is 13.3. The summed E-state index contributed by atoms with van der Waals surface area (Å²) in [4.78, 5) is 21.8. The van der Waals surface area contributed by atoms with Gasteiger partial charge < -0.3 is 15.7 Å². The molecule has 1 unspecified atom stereocenters. The number of aliphatic carboxylic acids is 1. The zero-order valence-corrected chi connectivity index (χ0v) is 10.2. The highest BCUT2D eigenvalue weighted by Crippen LogP contribution is 2.12. The second kappa shape index (κ2) is 6.67. The Kier molecular flexibility index (Phi) is 5.23. The lowest BCUT2D eigenvalue weighted by Gasteiger charge is -2.11. The molecule has 1 aromatic carbocycles. The summed E-state index contributed by atoms with van der Waals surface area (Å²) in [6.07, 6.45) is -0.0640. The summed E-state index contributed by atoms with van der Waals surface area (Å²) in [6.45, 7) is 1.84. The zero-order valence-electron chi connectivity index (χ0n) is 10.2. The van der Waals surface area contributed by atoms with Crippen molar-refractivity contribution in [1.29, 1.82) is 0 Å². The maximum atomic E-state index is 12.9. The SMILES string of the molecule is CC(CNC(=O)Nc1ccc(F)c(F)c1)CC(=O)O. The monoisotopic (exact) mass is 272 g/mol. The summed E-state index contributed by atoms with van der Waals surface area (Å²) in [7, 11) is 0. The summed E-state index contributed by atoms with van der Waals surface area (Å²) in [5.41, 5.74) is 0.113. The molecule has 19 heavy (non-hydrogen) atoms. The van der Waals surface area contributed by atoms with Crippen molar-refractivity contribution in [3.05, 3.63) is 29.8 Å². The molecule has 0 aromatic heterocycles. The summed E-state index contributed by atoms with van der Waals surface area (Å²) >= 11 is 0. The predicted octanol–water partition coefficient (Wildman–Crippen LogP) is 2.20. The molecule has 0 heterocycles. The number of nitrogens with one attached hydrogen (secondary N) is 2. The van der Waals surface area contributed by atoms with Crippen LogP contribution < -0.4 is 10.6 Å². The molecule has 0 aliphatic heterocycles. The molecular formula is C12H14F2N2O3. The van der Waals surface area contributed by atoms with Gasteiger partial charge in [-0.25, -0.2) is 13.6 Å². The van der Waals surface area contributed by atoms with Crippen molar-refractivity contribution in [1.82, 2.24) is 5.32 Å². The Morgan fingerprint density at radius 1 is 1.32 bits per heavy atom. The number of urea groups is 1. The van der Waals surface area contributed by atoms with Gasteiger partial charge >= 0.3 is 12.0 Å². The molecule has 1 rings (SSSR count). The van der Waals surface area contributed by atoms with Crippen LogP contribution in [0.15, 0.2) is 18.2 Å². The van der Waals surface area contributed by atoms with Crippen molar-refractivity contribution < 1.29 is 23.5 Å². The Morgan fingerprint density at radius 2 is 2.00 bits per heavy atom. The molecule has 0 saturated carbocycles. The average Bonchev–Trinajstić information content (AvgIpc) is 2.30. The van der Waals surface area contributed by atoms with E-state index in [1.165, 1.54) is 6.07 Å². The minimum atomic E-state index is -1.06. The molecule has 3 N–H and O–H groups in total. The highest BCUT2D eigenvalue weighted by atomic mass is 19.2. The molecule has 1 atom stereocenters. The lowest BCUT2D eigenvalue weighted by molar-refractivity contribution is -0.137. The maximum Gasteiger partial charge on any atom is 0.319 e. The Hall–Kier alpha value is -2.18. The van der Waals surface area contributed by atoms with Crippen LogP contribution in [0.3, 0.4) is 0 Å². The van der Waals surface area contributed by atoms with Crippen LogP contribution in [0.25, 0.3) is 0 Å². The fourth-order valence-electron chi connectivity index (χ4n) is 1.39. The molecule has 0 bridgehead atoms. The Balaban J connectivity index is 2.42. The van der Waals surface area contributed by atoms with Gasteiger partial charge in [-0.05, 0) is 18.1 Å². The van der Waals surface area contributed by atoms with Crippen LogP contribution in [0.2, 0.25) is 0 Å². The number of anilines is 1. The van der Waals surface area contributed by atoms with Gasteiger partial charge in [0.2, 0.25) is 0 Å². The molecule has 1 aromatic rings. The van der Waals surface area contributed by atoms with Gasteiger partial charge in [0.25, 0.3) is 0 Å². The molecule has 0 spiro atoms. The third-order valence-corrected chi connectivity index (χ3v) is 2.31. The molecule has 7 heteroatoms. The number of amides is 2. The van der Waals surface area contributed by atoms with E-state index in [0.717, 1.165) is 12.1 Å². The van der Waals surface area contributed by atoms with Crippen molar-refractivity contribution in [3.8, 4) is 0 Å². The van der Waals surface area contributed by atoms with Gasteiger partial charge in [-0.1, -0.05) is 6.92 Å². The highest BCUT2D eigenvalue weighted by molar-refractivity contribution is 5.89. The molecule has 0 radical (unpaired) electrons. The standard InChI is InChI=1S/C12H14F2N2O3/c1-7(4-11(17)18)6-15-12(19)16-8-2-3-9(13)10(14)5-8/h2-3,5,7H,4,6H2,1H3,(H,17,18)(H2,15,16,19). The van der Waals surface area contributed by atoms with E-state index in [1.54, 1.807) is 6.92 Å². The van der Waals surface area contributed by atoms with E-state index in [-0.39, 0.29) is 24.6 Å². The minimum Gasteiger partial charge on any atom is -0.481 e. The van der Waals surface area contributed by atoms with E-state index in [0.29, 0.717) is 0 Å². The normalized spacial score (nSPS) is 11.7. The van der Waals surface area contributed by atoms with Gasteiger partial charge in [-0.2, -0.15) is 0 Å². The van der Waals surface area contributed by atoms with Crippen molar-refractivity contribution in [2.24, 2.45) is 5.92 Å². The number of rotatable bonds is 5. The number of carboxylic acids is 1. The van der Waals surface area contributed by atoms with Crippen LogP contribution in [-0.2, 0) is 4.79 Å². The number of benzene rings is 1. The lowest BCUT2D eigenvalue weighted by Crippen LogP contribution is -2.33. The second-order valence-electron chi connectivity index (χ2n) is 4.17. The van der Waals surface area contributed by atoms with E-state index in [4.69, 9.17) is 5.11 Å². The first-order chi connectivity index (χ1) is 8.88. The smallest absolute Gasteiger partial charge is 0.319 e. The van der Waals surface area contributed by atoms with E-state index in [9.17, 15) is 18.4 Å². The van der Waals surface area contributed by atoms with Gasteiger partial charge in [-0.15, -0.1) is 0 Å². The number of hydrogen-bond acceptors (Lipinski definition) is 2. The summed E-state index contributed by atoms with van der Waals surface area (Å²) < 4.78 is 25.5. The van der Waals surface area contributed by atoms with Crippen molar-refractivity contribution in [3.63, 3.8) is 0 Å². The molecule has 0 fully saturated rings. The summed E-state index contributed by atoms with van der Waals surface area (Å²) in [6, 6.07) is 2.37. The first-order valence-corrected chi connectivity index (χ1v) is 5.60. The minimum absolute atomic E-state index is 0.0640. The first kappa shape index (κ1) is 14.9. The van der Waals surface area contributed by atoms with E-state index in [2.05, 4.69) is 10.6 Å². The van der Waals surface area contributed by atoms with Crippen LogP contribution in [0.4, 0.5) is 19.3 Å². The molecular weight excluding hydrogens is 258 g/mol. The van der Waals surface area contributed by atoms with Crippen molar-refractivity contribution in [2.75, 3.05) is 11.9 Å². The van der Waals surface area contributed by atoms with Gasteiger partial charge in [0.05, 0.1) is 0 Å². The number of carboxylic acid groups (broad SMARTS) is 1. The Labute approximate surface area is 108 Å². The van der Waals surface area contributed by atoms with Crippen LogP contribution in [0, 0.1) is 17.6 Å². The van der Waals surface area contributed by atoms with Crippen molar-refractivity contribution >= 4 is 17.7 Å². The molecule has 2 amide bonds. The molecule has 0 aliphatic rings. The lowest BCUT2D eigenvalue weighted by atomic mass is 10.1. The van der Waals surface area contributed by atoms with Gasteiger partial charge in [-0.3, -0.25) is 4.79 Å². The van der Waals surface area contributed by atoms with Crippen LogP contribution in [0.5, 0.6) is 0 Å². The summed E-state index contributed by atoms with van der Waals surface area (Å²) in [5.74, 6) is -3.23. The zero-order chi connectivity index (χ0) is 14.4. The average molecular weight is 272 g/mol. The Morgan fingerprint density at radius 3 is 2.58 bits per heavy atom. The molecule has 0 aliphatic carbocycles. The van der Waals surface area contributed by atoms with Gasteiger partial charge in [0.1, 0.15) is 0 Å². The number of carbonyl (C=O) groups excluding carboxylic acids is 1. The largest absolute Gasteiger partial charge is 0.481 e. The Bertz CT molecular complexity index is 480. The quantitative estimate of drug-likeness (QED) is 0.768. The predicted molar refractivity (Wildman–Crippen MR) is 64.8 cm³/mol. The first-order valence-electron chi connectivity index (χ1n) is 5.60. The van der Waals surface area contributed by atoms with Crippen LogP contribution in [0.1, 0.15) is 13.3 Å². The molecule has 0 saturated heterocycles. The van der Waals surface area contributed by atoms with E-state index >= 15 is 0 Å². The fourth-order valence-corrected chi connectivity index (χ4v) is 1.39. The third kappa shape index (κ3) is 5.33. The van der Waals surface area contributed by atoms with Crippen LogP contribution >= 0.6 is 0 Å². The fraction of sp³-hybridized carbons (Fsp3) is 0.333. The second-order valence-corrected chi connectivity index (χ2v) is 4.17. The maximum absolute atomic E-state index is 12.9.